The molecule has 0 fully saturated rings. The summed E-state index contributed by atoms with van der Waals surface area (Å²) in [5.41, 5.74) is 2.67. The zero-order valence-electron chi connectivity index (χ0n) is 11.1. The van der Waals surface area contributed by atoms with E-state index in [0.717, 1.165) is 25.1 Å². The molecule has 0 saturated carbocycles. The quantitative estimate of drug-likeness (QED) is 0.833. The van der Waals surface area contributed by atoms with Crippen LogP contribution in [-0.4, -0.2) is 6.54 Å². The van der Waals surface area contributed by atoms with E-state index >= 15 is 0 Å². The van der Waals surface area contributed by atoms with Crippen LogP contribution in [0.15, 0.2) is 47.1 Å². The summed E-state index contributed by atoms with van der Waals surface area (Å²) in [6, 6.07) is 13.2. The van der Waals surface area contributed by atoms with Gasteiger partial charge in [-0.1, -0.05) is 36.8 Å². The highest BCUT2D eigenvalue weighted by molar-refractivity contribution is 5.24. The van der Waals surface area contributed by atoms with E-state index in [9.17, 15) is 0 Å². The molecule has 2 heteroatoms. The highest BCUT2D eigenvalue weighted by Crippen LogP contribution is 2.17. The van der Waals surface area contributed by atoms with Crippen molar-refractivity contribution in [3.63, 3.8) is 0 Å². The van der Waals surface area contributed by atoms with Crippen LogP contribution in [0.3, 0.4) is 0 Å². The maximum absolute atomic E-state index is 5.33. The zero-order chi connectivity index (χ0) is 12.8. The van der Waals surface area contributed by atoms with E-state index in [-0.39, 0.29) is 0 Å². The molecule has 0 aliphatic carbocycles. The molecule has 0 spiro atoms. The molecule has 0 aliphatic rings. The van der Waals surface area contributed by atoms with E-state index in [1.807, 2.05) is 12.1 Å². The molecule has 1 atom stereocenters. The Balaban J connectivity index is 1.87. The summed E-state index contributed by atoms with van der Waals surface area (Å²) in [7, 11) is 0. The van der Waals surface area contributed by atoms with Crippen molar-refractivity contribution in [1.82, 2.24) is 5.32 Å². The van der Waals surface area contributed by atoms with Gasteiger partial charge in [0.2, 0.25) is 0 Å². The normalized spacial score (nSPS) is 12.6. The van der Waals surface area contributed by atoms with Gasteiger partial charge >= 0.3 is 0 Å². The summed E-state index contributed by atoms with van der Waals surface area (Å²) < 4.78 is 5.33. The van der Waals surface area contributed by atoms with Crippen molar-refractivity contribution in [2.24, 2.45) is 0 Å². The average Bonchev–Trinajstić information content (AvgIpc) is 2.89. The first-order chi connectivity index (χ1) is 8.79. The Morgan fingerprint density at radius 3 is 2.56 bits per heavy atom. The number of furan rings is 1. The summed E-state index contributed by atoms with van der Waals surface area (Å²) in [5.74, 6) is 1.04. The van der Waals surface area contributed by atoms with Gasteiger partial charge in [-0.25, -0.2) is 0 Å². The first kappa shape index (κ1) is 12.9. The zero-order valence-corrected chi connectivity index (χ0v) is 11.1. The van der Waals surface area contributed by atoms with Crippen molar-refractivity contribution in [3.8, 4) is 0 Å². The van der Waals surface area contributed by atoms with Gasteiger partial charge in [-0.3, -0.25) is 0 Å². The van der Waals surface area contributed by atoms with Crippen LogP contribution in [0, 0.1) is 6.92 Å². The maximum atomic E-state index is 5.33. The lowest BCUT2D eigenvalue weighted by molar-refractivity contribution is 0.472. The summed E-state index contributed by atoms with van der Waals surface area (Å²) in [6.07, 6.45) is 3.77. The lowest BCUT2D eigenvalue weighted by Gasteiger charge is -2.17. The second-order valence-electron chi connectivity index (χ2n) is 4.66. The Kier molecular flexibility index (Phi) is 4.59. The van der Waals surface area contributed by atoms with Gasteiger partial charge in [0.1, 0.15) is 5.76 Å². The first-order valence-electron chi connectivity index (χ1n) is 6.62. The van der Waals surface area contributed by atoms with Crippen molar-refractivity contribution >= 4 is 0 Å². The number of hydrogen-bond acceptors (Lipinski definition) is 2. The van der Waals surface area contributed by atoms with E-state index in [0.29, 0.717) is 6.04 Å². The van der Waals surface area contributed by atoms with E-state index in [4.69, 9.17) is 4.42 Å². The van der Waals surface area contributed by atoms with Crippen LogP contribution in [0.5, 0.6) is 0 Å². The van der Waals surface area contributed by atoms with Crippen LogP contribution < -0.4 is 5.32 Å². The molecule has 96 valence electrons. The van der Waals surface area contributed by atoms with Crippen LogP contribution in [-0.2, 0) is 6.42 Å². The molecule has 1 unspecified atom stereocenters. The molecule has 1 heterocycles. The third-order valence-corrected chi connectivity index (χ3v) is 3.23. The third kappa shape index (κ3) is 3.47. The Bertz CT molecular complexity index is 444. The SMILES string of the molecule is CCC(NCCc1ccco1)c1ccc(C)cc1. The lowest BCUT2D eigenvalue weighted by atomic mass is 10.0. The molecule has 1 aromatic carbocycles. The number of benzene rings is 1. The average molecular weight is 243 g/mol. The number of hydrogen-bond donors (Lipinski definition) is 1. The summed E-state index contributed by atoms with van der Waals surface area (Å²) in [5, 5.41) is 3.58. The smallest absolute Gasteiger partial charge is 0.105 e. The Morgan fingerprint density at radius 2 is 1.94 bits per heavy atom. The van der Waals surface area contributed by atoms with Crippen LogP contribution in [0.25, 0.3) is 0 Å². The third-order valence-electron chi connectivity index (χ3n) is 3.23. The molecular formula is C16H21NO. The van der Waals surface area contributed by atoms with Crippen molar-refractivity contribution < 1.29 is 4.42 Å². The highest BCUT2D eigenvalue weighted by atomic mass is 16.3. The number of rotatable bonds is 6. The summed E-state index contributed by atoms with van der Waals surface area (Å²) in [6.45, 7) is 5.28. The van der Waals surface area contributed by atoms with E-state index in [1.54, 1.807) is 6.26 Å². The van der Waals surface area contributed by atoms with Crippen molar-refractivity contribution in [1.29, 1.82) is 0 Å². The van der Waals surface area contributed by atoms with Gasteiger partial charge < -0.3 is 9.73 Å². The topological polar surface area (TPSA) is 25.2 Å². The fourth-order valence-electron chi connectivity index (χ4n) is 2.12. The lowest BCUT2D eigenvalue weighted by Crippen LogP contribution is -2.23. The second kappa shape index (κ2) is 6.41. The van der Waals surface area contributed by atoms with E-state index in [1.165, 1.54) is 11.1 Å². The predicted octanol–water partition coefficient (Wildman–Crippen LogP) is 3.87. The standard InChI is InChI=1S/C16H21NO/c1-3-16(14-8-6-13(2)7-9-14)17-11-10-15-5-4-12-18-15/h4-9,12,16-17H,3,10-11H2,1-2H3. The van der Waals surface area contributed by atoms with Crippen LogP contribution >= 0.6 is 0 Å². The minimum atomic E-state index is 0.431. The van der Waals surface area contributed by atoms with Gasteiger partial charge in [-0.15, -0.1) is 0 Å². The first-order valence-corrected chi connectivity index (χ1v) is 6.62. The molecule has 18 heavy (non-hydrogen) atoms. The van der Waals surface area contributed by atoms with Gasteiger partial charge in [0.15, 0.2) is 0 Å². The molecule has 2 nitrogen and oxygen atoms in total. The van der Waals surface area contributed by atoms with Crippen LogP contribution in [0.1, 0.15) is 36.3 Å². The molecule has 2 rings (SSSR count). The minimum Gasteiger partial charge on any atom is -0.469 e. The molecule has 2 aromatic rings. The van der Waals surface area contributed by atoms with Crippen LogP contribution in [0.4, 0.5) is 0 Å². The molecule has 0 saturated heterocycles. The van der Waals surface area contributed by atoms with Gasteiger partial charge in [0, 0.05) is 19.0 Å². The predicted molar refractivity (Wildman–Crippen MR) is 74.6 cm³/mol. The Hall–Kier alpha value is -1.54. The fraction of sp³-hybridized carbons (Fsp3) is 0.375. The van der Waals surface area contributed by atoms with Gasteiger partial charge in [-0.2, -0.15) is 0 Å². The largest absolute Gasteiger partial charge is 0.469 e. The van der Waals surface area contributed by atoms with E-state index in [2.05, 4.69) is 43.4 Å². The van der Waals surface area contributed by atoms with Crippen LogP contribution in [0.2, 0.25) is 0 Å². The monoisotopic (exact) mass is 243 g/mol. The van der Waals surface area contributed by atoms with Crippen molar-refractivity contribution in [2.75, 3.05) is 6.54 Å². The highest BCUT2D eigenvalue weighted by Gasteiger charge is 2.08. The number of aryl methyl sites for hydroxylation is 1. The van der Waals surface area contributed by atoms with Crippen molar-refractivity contribution in [3.05, 3.63) is 59.5 Å². The molecule has 0 radical (unpaired) electrons. The summed E-state index contributed by atoms with van der Waals surface area (Å²) >= 11 is 0. The Morgan fingerprint density at radius 1 is 1.17 bits per heavy atom. The van der Waals surface area contributed by atoms with E-state index < -0.39 is 0 Å². The molecular weight excluding hydrogens is 222 g/mol. The van der Waals surface area contributed by atoms with Gasteiger partial charge in [-0.05, 0) is 31.0 Å². The fourth-order valence-corrected chi connectivity index (χ4v) is 2.12. The van der Waals surface area contributed by atoms with Crippen molar-refractivity contribution in [2.45, 2.75) is 32.7 Å². The molecule has 1 N–H and O–H groups in total. The Labute approximate surface area is 109 Å². The molecule has 1 aromatic heterocycles. The second-order valence-corrected chi connectivity index (χ2v) is 4.66. The number of nitrogens with one attached hydrogen (secondary N) is 1. The molecule has 0 bridgehead atoms. The van der Waals surface area contributed by atoms with Gasteiger partial charge in [0.25, 0.3) is 0 Å². The maximum Gasteiger partial charge on any atom is 0.105 e. The summed E-state index contributed by atoms with van der Waals surface area (Å²) in [4.78, 5) is 0. The minimum absolute atomic E-state index is 0.431. The van der Waals surface area contributed by atoms with Gasteiger partial charge in [0.05, 0.1) is 6.26 Å². The molecule has 0 aliphatic heterocycles. The molecule has 0 amide bonds.